The Balaban J connectivity index is 0.000000720. The van der Waals surface area contributed by atoms with Crippen LogP contribution in [0, 0.1) is 6.92 Å². The lowest BCUT2D eigenvalue weighted by Crippen LogP contribution is -1.91. The molecule has 0 aliphatic rings. The number of nitrogens with zero attached hydrogens (tertiary/aromatic N) is 2. The molecule has 0 atom stereocenters. The van der Waals surface area contributed by atoms with Crippen LogP contribution in [0.1, 0.15) is 5.69 Å². The zero-order valence-corrected chi connectivity index (χ0v) is 8.73. The zero-order valence-electron chi connectivity index (χ0n) is 7.10. The molecule has 13 heavy (non-hydrogen) atoms. The number of hydrogen-bond donors (Lipinski definition) is 1. The Labute approximate surface area is 88.8 Å². The van der Waals surface area contributed by atoms with Crippen molar-refractivity contribution in [3.05, 3.63) is 30.2 Å². The van der Waals surface area contributed by atoms with Crippen molar-refractivity contribution in [1.82, 2.24) is 9.38 Å². The van der Waals surface area contributed by atoms with Gasteiger partial charge in [-0.2, -0.15) is 0 Å². The fraction of sp³-hybridized carbons (Fsp3) is 0.125. The SMILES string of the molecule is Cc1cnc2ccc(N)cn12.Cl.Cl. The molecule has 0 aromatic carbocycles. The summed E-state index contributed by atoms with van der Waals surface area (Å²) < 4.78 is 1.97. The number of hydrogen-bond acceptors (Lipinski definition) is 2. The maximum atomic E-state index is 5.60. The second-order valence-electron chi connectivity index (χ2n) is 2.59. The first-order valence-corrected chi connectivity index (χ1v) is 3.46. The maximum Gasteiger partial charge on any atom is 0.137 e. The van der Waals surface area contributed by atoms with Gasteiger partial charge in [0.15, 0.2) is 0 Å². The highest BCUT2D eigenvalue weighted by atomic mass is 35.5. The normalized spacial score (nSPS) is 9.00. The van der Waals surface area contributed by atoms with Crippen LogP contribution in [0.25, 0.3) is 5.65 Å². The molecule has 2 N–H and O–H groups in total. The molecule has 3 nitrogen and oxygen atoms in total. The third-order valence-corrected chi connectivity index (χ3v) is 1.71. The Hall–Kier alpha value is -0.930. The summed E-state index contributed by atoms with van der Waals surface area (Å²) in [5.41, 5.74) is 8.41. The van der Waals surface area contributed by atoms with Crippen LogP contribution in [-0.2, 0) is 0 Å². The molecular weight excluding hydrogens is 209 g/mol. The van der Waals surface area contributed by atoms with E-state index in [1.165, 1.54) is 0 Å². The van der Waals surface area contributed by atoms with Gasteiger partial charge in [0.05, 0.1) is 0 Å². The summed E-state index contributed by atoms with van der Waals surface area (Å²) in [6.07, 6.45) is 3.70. The van der Waals surface area contributed by atoms with E-state index in [-0.39, 0.29) is 24.8 Å². The fourth-order valence-electron chi connectivity index (χ4n) is 1.12. The van der Waals surface area contributed by atoms with Gasteiger partial charge in [-0.15, -0.1) is 24.8 Å². The number of anilines is 1. The minimum absolute atomic E-state index is 0. The molecule has 72 valence electrons. The van der Waals surface area contributed by atoms with Gasteiger partial charge in [0.1, 0.15) is 5.65 Å². The molecule has 2 rings (SSSR count). The van der Waals surface area contributed by atoms with E-state index in [4.69, 9.17) is 5.73 Å². The van der Waals surface area contributed by atoms with E-state index in [0.717, 1.165) is 17.0 Å². The number of halogens is 2. The zero-order chi connectivity index (χ0) is 7.84. The molecule has 2 aromatic heterocycles. The summed E-state index contributed by atoms with van der Waals surface area (Å²) in [6.45, 7) is 2.00. The molecule has 0 aliphatic heterocycles. The number of nitrogens with two attached hydrogens (primary N) is 1. The van der Waals surface area contributed by atoms with Crippen molar-refractivity contribution < 1.29 is 0 Å². The van der Waals surface area contributed by atoms with E-state index >= 15 is 0 Å². The van der Waals surface area contributed by atoms with Gasteiger partial charge in [-0.1, -0.05) is 0 Å². The lowest BCUT2D eigenvalue weighted by atomic mass is 10.4. The van der Waals surface area contributed by atoms with E-state index < -0.39 is 0 Å². The van der Waals surface area contributed by atoms with Crippen LogP contribution in [0.4, 0.5) is 5.69 Å². The highest BCUT2D eigenvalue weighted by molar-refractivity contribution is 5.85. The van der Waals surface area contributed by atoms with E-state index in [1.54, 1.807) is 0 Å². The Morgan fingerprint density at radius 2 is 2.00 bits per heavy atom. The van der Waals surface area contributed by atoms with Crippen molar-refractivity contribution in [2.24, 2.45) is 0 Å². The Kier molecular flexibility index (Phi) is 4.04. The van der Waals surface area contributed by atoms with Gasteiger partial charge >= 0.3 is 0 Å². The van der Waals surface area contributed by atoms with Crippen molar-refractivity contribution in [3.63, 3.8) is 0 Å². The standard InChI is InChI=1S/C8H9N3.2ClH/c1-6-4-10-8-3-2-7(9)5-11(6)8;;/h2-5H,9H2,1H3;2*1H. The Morgan fingerprint density at radius 1 is 1.31 bits per heavy atom. The maximum absolute atomic E-state index is 5.60. The van der Waals surface area contributed by atoms with Crippen molar-refractivity contribution >= 4 is 36.1 Å². The Bertz CT molecular complexity index is 397. The summed E-state index contributed by atoms with van der Waals surface area (Å²) in [4.78, 5) is 4.17. The predicted molar refractivity (Wildman–Crippen MR) is 58.8 cm³/mol. The molecule has 0 saturated carbocycles. The molecule has 0 unspecified atom stereocenters. The molecule has 0 radical (unpaired) electrons. The third kappa shape index (κ3) is 2.05. The first-order valence-electron chi connectivity index (χ1n) is 3.46. The smallest absolute Gasteiger partial charge is 0.137 e. The summed E-state index contributed by atoms with van der Waals surface area (Å²) >= 11 is 0. The van der Waals surface area contributed by atoms with E-state index in [2.05, 4.69) is 4.98 Å². The first-order chi connectivity index (χ1) is 5.27. The number of pyridine rings is 1. The topological polar surface area (TPSA) is 43.3 Å². The van der Waals surface area contributed by atoms with Crippen LogP contribution in [0.5, 0.6) is 0 Å². The molecular formula is C8H11Cl2N3. The van der Waals surface area contributed by atoms with E-state index in [0.29, 0.717) is 0 Å². The second-order valence-corrected chi connectivity index (χ2v) is 2.59. The van der Waals surface area contributed by atoms with Crippen LogP contribution in [0.2, 0.25) is 0 Å². The first kappa shape index (κ1) is 12.1. The minimum Gasteiger partial charge on any atom is -0.398 e. The highest BCUT2D eigenvalue weighted by Crippen LogP contribution is 2.08. The lowest BCUT2D eigenvalue weighted by Gasteiger charge is -1.96. The van der Waals surface area contributed by atoms with Crippen molar-refractivity contribution in [3.8, 4) is 0 Å². The average molecular weight is 220 g/mol. The summed E-state index contributed by atoms with van der Waals surface area (Å²) in [5.74, 6) is 0. The quantitative estimate of drug-likeness (QED) is 0.738. The van der Waals surface area contributed by atoms with Gasteiger partial charge in [-0.05, 0) is 19.1 Å². The van der Waals surface area contributed by atoms with Crippen LogP contribution in [-0.4, -0.2) is 9.38 Å². The van der Waals surface area contributed by atoms with Crippen LogP contribution in [0.15, 0.2) is 24.5 Å². The summed E-state index contributed by atoms with van der Waals surface area (Å²) in [5, 5.41) is 0. The highest BCUT2D eigenvalue weighted by Gasteiger charge is 1.96. The molecule has 5 heteroatoms. The molecule has 0 fully saturated rings. The van der Waals surface area contributed by atoms with Gasteiger partial charge in [-0.25, -0.2) is 4.98 Å². The van der Waals surface area contributed by atoms with Crippen molar-refractivity contribution in [1.29, 1.82) is 0 Å². The lowest BCUT2D eigenvalue weighted by molar-refractivity contribution is 1.11. The monoisotopic (exact) mass is 219 g/mol. The van der Waals surface area contributed by atoms with Crippen LogP contribution < -0.4 is 5.73 Å². The van der Waals surface area contributed by atoms with Gasteiger partial charge in [-0.3, -0.25) is 0 Å². The molecule has 2 aromatic rings. The molecule has 0 saturated heterocycles. The van der Waals surface area contributed by atoms with E-state index in [9.17, 15) is 0 Å². The number of aryl methyl sites for hydroxylation is 1. The van der Waals surface area contributed by atoms with Gasteiger partial charge < -0.3 is 10.1 Å². The number of nitrogen functional groups attached to an aromatic ring is 1. The molecule has 2 heterocycles. The molecule has 0 bridgehead atoms. The van der Waals surface area contributed by atoms with Crippen molar-refractivity contribution in [2.45, 2.75) is 6.92 Å². The predicted octanol–water partition coefficient (Wildman–Crippen LogP) is 2.07. The van der Waals surface area contributed by atoms with Gasteiger partial charge in [0, 0.05) is 23.8 Å². The van der Waals surface area contributed by atoms with Crippen LogP contribution >= 0.6 is 24.8 Å². The molecule has 0 amide bonds. The number of fused-ring (bicyclic) bond motifs is 1. The largest absolute Gasteiger partial charge is 0.398 e. The Morgan fingerprint density at radius 3 is 2.69 bits per heavy atom. The van der Waals surface area contributed by atoms with Gasteiger partial charge in [0.2, 0.25) is 0 Å². The van der Waals surface area contributed by atoms with Crippen LogP contribution in [0.3, 0.4) is 0 Å². The fourth-order valence-corrected chi connectivity index (χ4v) is 1.12. The van der Waals surface area contributed by atoms with Gasteiger partial charge in [0.25, 0.3) is 0 Å². The minimum atomic E-state index is 0. The van der Waals surface area contributed by atoms with Crippen molar-refractivity contribution in [2.75, 3.05) is 5.73 Å². The summed E-state index contributed by atoms with van der Waals surface area (Å²) in [7, 11) is 0. The second kappa shape index (κ2) is 4.35. The third-order valence-electron chi connectivity index (χ3n) is 1.71. The summed E-state index contributed by atoms with van der Waals surface area (Å²) in [6, 6.07) is 3.75. The number of imidazole rings is 1. The molecule has 0 aliphatic carbocycles. The average Bonchev–Trinajstić information content (AvgIpc) is 2.33. The number of aromatic nitrogens is 2. The number of rotatable bonds is 0. The molecule has 0 spiro atoms. The van der Waals surface area contributed by atoms with E-state index in [1.807, 2.05) is 35.9 Å².